The number of nitrogens with zero attached hydrogens (tertiary/aromatic N) is 1. The summed E-state index contributed by atoms with van der Waals surface area (Å²) in [4.78, 5) is 10.5. The third kappa shape index (κ3) is 1.95. The van der Waals surface area contributed by atoms with Gasteiger partial charge in [-0.3, -0.25) is 4.79 Å². The minimum Gasteiger partial charge on any atom is -0.481 e. The molecule has 0 fully saturated rings. The van der Waals surface area contributed by atoms with Crippen LogP contribution in [0.5, 0.6) is 0 Å². The van der Waals surface area contributed by atoms with Crippen LogP contribution in [0, 0.1) is 11.3 Å². The number of rotatable bonds is 2. The number of hydrogen-bond donors (Lipinski definition) is 2. The summed E-state index contributed by atoms with van der Waals surface area (Å²) in [5, 5.41) is 17.6. The van der Waals surface area contributed by atoms with Gasteiger partial charge in [-0.15, -0.1) is 0 Å². The first kappa shape index (κ1) is 10.4. The SMILES string of the molecule is N#Cc1c(Cl)ccc(N)c1CC(=O)O. The van der Waals surface area contributed by atoms with E-state index in [4.69, 9.17) is 27.7 Å². The van der Waals surface area contributed by atoms with Crippen molar-refractivity contribution in [1.82, 2.24) is 0 Å². The molecule has 0 radical (unpaired) electrons. The molecule has 0 aliphatic heterocycles. The van der Waals surface area contributed by atoms with Crippen molar-refractivity contribution < 1.29 is 9.90 Å². The summed E-state index contributed by atoms with van der Waals surface area (Å²) < 4.78 is 0. The van der Waals surface area contributed by atoms with E-state index in [-0.39, 0.29) is 28.3 Å². The maximum Gasteiger partial charge on any atom is 0.307 e. The van der Waals surface area contributed by atoms with Gasteiger partial charge < -0.3 is 10.8 Å². The number of benzene rings is 1. The molecular weight excluding hydrogens is 204 g/mol. The molecule has 1 aromatic rings. The number of nitrogens with two attached hydrogens (primary N) is 1. The van der Waals surface area contributed by atoms with Gasteiger partial charge in [-0.05, 0) is 12.1 Å². The predicted molar refractivity (Wildman–Crippen MR) is 51.9 cm³/mol. The number of carboxylic acid groups (broad SMARTS) is 1. The lowest BCUT2D eigenvalue weighted by atomic mass is 10.0. The summed E-state index contributed by atoms with van der Waals surface area (Å²) in [6, 6.07) is 4.80. The monoisotopic (exact) mass is 210 g/mol. The molecule has 5 heteroatoms. The number of aliphatic carboxylic acids is 1. The fourth-order valence-electron chi connectivity index (χ4n) is 1.10. The molecule has 0 saturated carbocycles. The molecule has 1 aromatic carbocycles. The van der Waals surface area contributed by atoms with Crippen LogP contribution < -0.4 is 5.73 Å². The van der Waals surface area contributed by atoms with Gasteiger partial charge in [-0.25, -0.2) is 0 Å². The predicted octanol–water partition coefficient (Wildman–Crippen LogP) is 1.42. The Kier molecular flexibility index (Phi) is 2.95. The maximum absolute atomic E-state index is 10.5. The standard InChI is InChI=1S/C9H7ClN2O2/c10-7-1-2-8(12)5(3-9(13)14)6(7)4-11/h1-2H,3,12H2,(H,13,14). The van der Waals surface area contributed by atoms with Crippen LogP contribution in [0.25, 0.3) is 0 Å². The van der Waals surface area contributed by atoms with Crippen LogP contribution >= 0.6 is 11.6 Å². The second-order valence-electron chi connectivity index (χ2n) is 2.67. The molecule has 0 aliphatic carbocycles. The van der Waals surface area contributed by atoms with Crippen molar-refractivity contribution >= 4 is 23.3 Å². The van der Waals surface area contributed by atoms with Crippen LogP contribution in [0.3, 0.4) is 0 Å². The lowest BCUT2D eigenvalue weighted by molar-refractivity contribution is -0.136. The zero-order valence-corrected chi connectivity index (χ0v) is 7.88. The molecule has 0 amide bonds. The summed E-state index contributed by atoms with van der Waals surface area (Å²) >= 11 is 5.71. The molecule has 4 nitrogen and oxygen atoms in total. The molecule has 0 heterocycles. The number of halogens is 1. The highest BCUT2D eigenvalue weighted by Crippen LogP contribution is 2.24. The number of carbonyl (C=O) groups is 1. The van der Waals surface area contributed by atoms with Crippen LogP contribution in [0.4, 0.5) is 5.69 Å². The molecule has 14 heavy (non-hydrogen) atoms. The van der Waals surface area contributed by atoms with Gasteiger partial charge in [0.05, 0.1) is 17.0 Å². The minimum atomic E-state index is -1.05. The molecule has 1 rings (SSSR count). The Morgan fingerprint density at radius 1 is 1.64 bits per heavy atom. The van der Waals surface area contributed by atoms with Crippen molar-refractivity contribution in [2.75, 3.05) is 5.73 Å². The fraction of sp³-hybridized carbons (Fsp3) is 0.111. The third-order valence-electron chi connectivity index (χ3n) is 1.74. The Morgan fingerprint density at radius 3 is 2.79 bits per heavy atom. The first-order valence-corrected chi connectivity index (χ1v) is 4.12. The smallest absolute Gasteiger partial charge is 0.307 e. The van der Waals surface area contributed by atoms with Crippen molar-refractivity contribution in [3.63, 3.8) is 0 Å². The topological polar surface area (TPSA) is 87.1 Å². The van der Waals surface area contributed by atoms with Crippen molar-refractivity contribution in [2.45, 2.75) is 6.42 Å². The molecule has 0 bridgehead atoms. The van der Waals surface area contributed by atoms with Crippen LogP contribution in [0.2, 0.25) is 5.02 Å². The van der Waals surface area contributed by atoms with Gasteiger partial charge in [-0.1, -0.05) is 11.6 Å². The van der Waals surface area contributed by atoms with E-state index in [9.17, 15) is 4.79 Å². The fourth-order valence-corrected chi connectivity index (χ4v) is 1.32. The molecular formula is C9H7ClN2O2. The van der Waals surface area contributed by atoms with E-state index >= 15 is 0 Å². The molecule has 0 saturated heterocycles. The third-order valence-corrected chi connectivity index (χ3v) is 2.05. The molecule has 0 atom stereocenters. The Labute approximate surface area is 85.5 Å². The number of hydrogen-bond acceptors (Lipinski definition) is 3. The van der Waals surface area contributed by atoms with Crippen molar-refractivity contribution in [3.8, 4) is 6.07 Å². The van der Waals surface area contributed by atoms with Gasteiger partial charge in [0.15, 0.2) is 0 Å². The number of nitrogen functional groups attached to an aromatic ring is 1. The van der Waals surface area contributed by atoms with Gasteiger partial charge >= 0.3 is 5.97 Å². The Morgan fingerprint density at radius 2 is 2.29 bits per heavy atom. The average molecular weight is 211 g/mol. The Balaban J connectivity index is 3.31. The van der Waals surface area contributed by atoms with Crippen LogP contribution in [0.1, 0.15) is 11.1 Å². The van der Waals surface area contributed by atoms with E-state index in [1.54, 1.807) is 0 Å². The van der Waals surface area contributed by atoms with Gasteiger partial charge in [0.25, 0.3) is 0 Å². The lowest BCUT2D eigenvalue weighted by Crippen LogP contribution is -2.06. The Hall–Kier alpha value is -1.73. The van der Waals surface area contributed by atoms with Crippen molar-refractivity contribution in [3.05, 3.63) is 28.3 Å². The highest BCUT2D eigenvalue weighted by molar-refractivity contribution is 6.32. The van der Waals surface area contributed by atoms with Gasteiger partial charge in [-0.2, -0.15) is 5.26 Å². The summed E-state index contributed by atoms with van der Waals surface area (Å²) in [5.41, 5.74) is 6.22. The number of nitriles is 1. The van der Waals surface area contributed by atoms with Crippen molar-refractivity contribution in [1.29, 1.82) is 5.26 Å². The lowest BCUT2D eigenvalue weighted by Gasteiger charge is -2.06. The quantitative estimate of drug-likeness (QED) is 0.723. The van der Waals surface area contributed by atoms with Gasteiger partial charge in [0, 0.05) is 11.3 Å². The van der Waals surface area contributed by atoms with E-state index in [0.29, 0.717) is 0 Å². The summed E-state index contributed by atoms with van der Waals surface area (Å²) in [6.45, 7) is 0. The molecule has 0 unspecified atom stereocenters. The minimum absolute atomic E-state index is 0.133. The second-order valence-corrected chi connectivity index (χ2v) is 3.08. The van der Waals surface area contributed by atoms with E-state index < -0.39 is 5.97 Å². The highest BCUT2D eigenvalue weighted by Gasteiger charge is 2.13. The maximum atomic E-state index is 10.5. The first-order valence-electron chi connectivity index (χ1n) is 3.75. The molecule has 3 N–H and O–H groups in total. The van der Waals surface area contributed by atoms with E-state index in [1.165, 1.54) is 12.1 Å². The average Bonchev–Trinajstić information content (AvgIpc) is 2.11. The summed E-state index contributed by atoms with van der Waals surface area (Å²) in [7, 11) is 0. The van der Waals surface area contributed by atoms with E-state index in [2.05, 4.69) is 0 Å². The normalized spacial score (nSPS) is 9.43. The van der Waals surface area contributed by atoms with Crippen LogP contribution in [0.15, 0.2) is 12.1 Å². The van der Waals surface area contributed by atoms with Crippen molar-refractivity contribution in [2.24, 2.45) is 0 Å². The van der Waals surface area contributed by atoms with Crippen LogP contribution in [-0.4, -0.2) is 11.1 Å². The zero-order valence-electron chi connectivity index (χ0n) is 7.12. The Bertz CT molecular complexity index is 424. The van der Waals surface area contributed by atoms with E-state index in [1.807, 2.05) is 6.07 Å². The molecule has 0 aliphatic rings. The number of carboxylic acids is 1. The first-order chi connectivity index (χ1) is 6.56. The highest BCUT2D eigenvalue weighted by atomic mass is 35.5. The van der Waals surface area contributed by atoms with Gasteiger partial charge in [0.2, 0.25) is 0 Å². The molecule has 0 aromatic heterocycles. The summed E-state index contributed by atoms with van der Waals surface area (Å²) in [6.07, 6.45) is -0.296. The van der Waals surface area contributed by atoms with Crippen LogP contribution in [-0.2, 0) is 11.2 Å². The van der Waals surface area contributed by atoms with Gasteiger partial charge in [0.1, 0.15) is 6.07 Å². The summed E-state index contributed by atoms with van der Waals surface area (Å²) in [5.74, 6) is -1.05. The zero-order chi connectivity index (χ0) is 10.7. The number of anilines is 1. The largest absolute Gasteiger partial charge is 0.481 e. The van der Waals surface area contributed by atoms with E-state index in [0.717, 1.165) is 0 Å². The molecule has 72 valence electrons. The molecule has 0 spiro atoms. The second kappa shape index (κ2) is 3.99.